The number of aromatic amines is 1. The summed E-state index contributed by atoms with van der Waals surface area (Å²) in [5.74, 6) is 0.880. The summed E-state index contributed by atoms with van der Waals surface area (Å²) in [6.45, 7) is 0. The minimum atomic E-state index is -0.229. The molecule has 1 fully saturated rings. The van der Waals surface area contributed by atoms with Crippen molar-refractivity contribution < 1.29 is 4.79 Å². The molecule has 1 saturated carbocycles. The third-order valence-corrected chi connectivity index (χ3v) is 3.48. The molecule has 0 bridgehead atoms. The highest BCUT2D eigenvalue weighted by Crippen LogP contribution is 2.38. The predicted octanol–water partition coefficient (Wildman–Crippen LogP) is 2.54. The Balaban J connectivity index is 1.73. The molecular formula is C12H11IN4O. The number of amides is 1. The number of H-pyrrole nitrogens is 1. The average molecular weight is 354 g/mol. The predicted molar refractivity (Wildman–Crippen MR) is 75.5 cm³/mol. The summed E-state index contributed by atoms with van der Waals surface area (Å²) in [4.78, 5) is 16.0. The highest BCUT2D eigenvalue weighted by molar-refractivity contribution is 14.1. The van der Waals surface area contributed by atoms with Gasteiger partial charge in [0.15, 0.2) is 5.69 Å². The third-order valence-electron chi connectivity index (χ3n) is 2.81. The molecule has 0 aliphatic heterocycles. The molecule has 0 spiro atoms. The number of nitrogens with zero attached hydrogens (tertiary/aromatic N) is 2. The van der Waals surface area contributed by atoms with E-state index >= 15 is 0 Å². The monoisotopic (exact) mass is 354 g/mol. The van der Waals surface area contributed by atoms with Gasteiger partial charge in [-0.15, -0.1) is 0 Å². The van der Waals surface area contributed by atoms with E-state index in [2.05, 4.69) is 43.1 Å². The zero-order valence-corrected chi connectivity index (χ0v) is 11.6. The molecule has 0 unspecified atom stereocenters. The summed E-state index contributed by atoms with van der Waals surface area (Å²) in [7, 11) is 0. The highest BCUT2D eigenvalue weighted by Gasteiger charge is 2.26. The van der Waals surface area contributed by atoms with Crippen molar-refractivity contribution in [2.24, 2.45) is 0 Å². The van der Waals surface area contributed by atoms with Gasteiger partial charge in [-0.3, -0.25) is 9.89 Å². The third kappa shape index (κ3) is 2.53. The molecule has 2 aromatic rings. The topological polar surface area (TPSA) is 70.7 Å². The first-order valence-electron chi connectivity index (χ1n) is 5.70. The van der Waals surface area contributed by atoms with Crippen LogP contribution in [0.25, 0.3) is 0 Å². The Morgan fingerprint density at radius 1 is 1.44 bits per heavy atom. The van der Waals surface area contributed by atoms with E-state index in [4.69, 9.17) is 0 Å². The van der Waals surface area contributed by atoms with Crippen molar-refractivity contribution in [1.29, 1.82) is 0 Å². The second-order valence-corrected chi connectivity index (χ2v) is 5.54. The summed E-state index contributed by atoms with van der Waals surface area (Å²) in [5.41, 5.74) is 1.47. The number of pyridine rings is 1. The highest BCUT2D eigenvalue weighted by atomic mass is 127. The Hall–Kier alpha value is -1.44. The summed E-state index contributed by atoms with van der Waals surface area (Å²) in [5, 5.41) is 9.68. The van der Waals surface area contributed by atoms with E-state index < -0.39 is 0 Å². The number of rotatable bonds is 3. The van der Waals surface area contributed by atoms with Crippen molar-refractivity contribution >= 4 is 34.3 Å². The molecule has 0 atom stereocenters. The SMILES string of the molecule is O=C(Nc1cc(I)ccn1)c1cc(C2CC2)[nH]n1. The fourth-order valence-electron chi connectivity index (χ4n) is 1.71. The molecule has 18 heavy (non-hydrogen) atoms. The lowest BCUT2D eigenvalue weighted by molar-refractivity contribution is 0.102. The van der Waals surface area contributed by atoms with Gasteiger partial charge in [0.05, 0.1) is 0 Å². The molecule has 2 aromatic heterocycles. The zero-order chi connectivity index (χ0) is 12.5. The van der Waals surface area contributed by atoms with Crippen molar-refractivity contribution in [2.75, 3.05) is 5.32 Å². The van der Waals surface area contributed by atoms with Crippen LogP contribution < -0.4 is 5.32 Å². The van der Waals surface area contributed by atoms with Crippen LogP contribution in [0.15, 0.2) is 24.4 Å². The molecule has 2 N–H and O–H groups in total. The lowest BCUT2D eigenvalue weighted by Gasteiger charge is -2.01. The van der Waals surface area contributed by atoms with Crippen LogP contribution >= 0.6 is 22.6 Å². The van der Waals surface area contributed by atoms with Crippen molar-refractivity contribution in [3.8, 4) is 0 Å². The van der Waals surface area contributed by atoms with Gasteiger partial charge in [0.25, 0.3) is 5.91 Å². The van der Waals surface area contributed by atoms with Crippen LogP contribution in [0, 0.1) is 3.57 Å². The van der Waals surface area contributed by atoms with E-state index in [1.807, 2.05) is 18.2 Å². The second-order valence-electron chi connectivity index (χ2n) is 4.30. The van der Waals surface area contributed by atoms with Gasteiger partial charge in [-0.25, -0.2) is 4.98 Å². The van der Waals surface area contributed by atoms with Crippen LogP contribution in [0.3, 0.4) is 0 Å². The molecule has 3 rings (SSSR count). The molecule has 6 heteroatoms. The number of carbonyl (C=O) groups excluding carboxylic acids is 1. The van der Waals surface area contributed by atoms with Crippen LogP contribution in [0.1, 0.15) is 34.9 Å². The summed E-state index contributed by atoms with van der Waals surface area (Å²) < 4.78 is 1.03. The maximum atomic E-state index is 11.9. The lowest BCUT2D eigenvalue weighted by atomic mass is 10.2. The van der Waals surface area contributed by atoms with Gasteiger partial charge in [-0.05, 0) is 53.6 Å². The minimum Gasteiger partial charge on any atom is -0.305 e. The van der Waals surface area contributed by atoms with Crippen LogP contribution in [-0.4, -0.2) is 21.1 Å². The molecule has 0 radical (unpaired) electrons. The number of carbonyl (C=O) groups is 1. The van der Waals surface area contributed by atoms with Crippen molar-refractivity contribution in [3.05, 3.63) is 39.4 Å². The zero-order valence-electron chi connectivity index (χ0n) is 9.48. The summed E-state index contributed by atoms with van der Waals surface area (Å²) in [6, 6.07) is 5.50. The first-order chi connectivity index (χ1) is 8.72. The van der Waals surface area contributed by atoms with Gasteiger partial charge in [0, 0.05) is 21.4 Å². The van der Waals surface area contributed by atoms with Gasteiger partial charge in [-0.2, -0.15) is 5.10 Å². The molecule has 1 aliphatic rings. The van der Waals surface area contributed by atoms with E-state index in [1.54, 1.807) is 6.20 Å². The van der Waals surface area contributed by atoms with Gasteiger partial charge in [0.1, 0.15) is 5.82 Å². The van der Waals surface area contributed by atoms with E-state index in [-0.39, 0.29) is 5.91 Å². The fourth-order valence-corrected chi connectivity index (χ4v) is 2.17. The van der Waals surface area contributed by atoms with E-state index in [1.165, 1.54) is 12.8 Å². The maximum Gasteiger partial charge on any atom is 0.277 e. The van der Waals surface area contributed by atoms with Crippen LogP contribution in [0.5, 0.6) is 0 Å². The molecule has 92 valence electrons. The van der Waals surface area contributed by atoms with Crippen LogP contribution in [-0.2, 0) is 0 Å². The molecular weight excluding hydrogens is 343 g/mol. The van der Waals surface area contributed by atoms with Gasteiger partial charge in [-0.1, -0.05) is 0 Å². The van der Waals surface area contributed by atoms with E-state index in [0.29, 0.717) is 17.4 Å². The van der Waals surface area contributed by atoms with Crippen molar-refractivity contribution in [1.82, 2.24) is 15.2 Å². The quantitative estimate of drug-likeness (QED) is 0.833. The number of aromatic nitrogens is 3. The Morgan fingerprint density at radius 2 is 2.28 bits per heavy atom. The standard InChI is InChI=1S/C12H11IN4O/c13-8-3-4-14-11(5-8)15-12(18)10-6-9(16-17-10)7-1-2-7/h3-7H,1-2H2,(H,16,17)(H,14,15,18). The van der Waals surface area contributed by atoms with Gasteiger partial charge < -0.3 is 5.32 Å². The van der Waals surface area contributed by atoms with Crippen molar-refractivity contribution in [2.45, 2.75) is 18.8 Å². The first-order valence-corrected chi connectivity index (χ1v) is 6.78. The molecule has 5 nitrogen and oxygen atoms in total. The number of hydrogen-bond acceptors (Lipinski definition) is 3. The lowest BCUT2D eigenvalue weighted by Crippen LogP contribution is -2.13. The molecule has 1 aliphatic carbocycles. The van der Waals surface area contributed by atoms with Crippen molar-refractivity contribution in [3.63, 3.8) is 0 Å². The Kier molecular flexibility index (Phi) is 3.02. The molecule has 0 aromatic carbocycles. The van der Waals surface area contributed by atoms with E-state index in [9.17, 15) is 4.79 Å². The molecule has 1 amide bonds. The van der Waals surface area contributed by atoms with Crippen LogP contribution in [0.2, 0.25) is 0 Å². The minimum absolute atomic E-state index is 0.229. The average Bonchev–Trinajstić information content (AvgIpc) is 3.07. The molecule has 0 saturated heterocycles. The summed E-state index contributed by atoms with van der Waals surface area (Å²) in [6.07, 6.45) is 4.03. The smallest absolute Gasteiger partial charge is 0.277 e. The van der Waals surface area contributed by atoms with Gasteiger partial charge in [0.2, 0.25) is 0 Å². The van der Waals surface area contributed by atoms with Crippen LogP contribution in [0.4, 0.5) is 5.82 Å². The van der Waals surface area contributed by atoms with Gasteiger partial charge >= 0.3 is 0 Å². The Labute approximate surface area is 118 Å². The molecule has 2 heterocycles. The normalized spacial score (nSPS) is 14.5. The fraction of sp³-hybridized carbons (Fsp3) is 0.250. The van der Waals surface area contributed by atoms with E-state index in [0.717, 1.165) is 9.26 Å². The largest absolute Gasteiger partial charge is 0.305 e. The second kappa shape index (κ2) is 4.68. The Morgan fingerprint density at radius 3 is 3.00 bits per heavy atom. The number of halogens is 1. The number of hydrogen-bond donors (Lipinski definition) is 2. The Bertz CT molecular complexity index is 591. The first kappa shape index (κ1) is 11.6. The number of anilines is 1. The summed E-state index contributed by atoms with van der Waals surface area (Å²) >= 11 is 2.17. The maximum absolute atomic E-state index is 11.9. The number of nitrogens with one attached hydrogen (secondary N) is 2.